The summed E-state index contributed by atoms with van der Waals surface area (Å²) in [5, 5.41) is 23.6. The number of nitrogens with one attached hydrogen (secondary N) is 1. The Morgan fingerprint density at radius 2 is 1.96 bits per heavy atom. The first kappa shape index (κ1) is 21.4. The maximum absolute atomic E-state index is 12.8. The van der Waals surface area contributed by atoms with Crippen LogP contribution in [0.5, 0.6) is 0 Å². The Morgan fingerprint density at radius 1 is 1.25 bits per heavy atom. The summed E-state index contributed by atoms with van der Waals surface area (Å²) in [5.74, 6) is -1.91. The third-order valence-corrected chi connectivity index (χ3v) is 4.79. The molecule has 0 fully saturated rings. The summed E-state index contributed by atoms with van der Waals surface area (Å²) in [6.07, 6.45) is 0.985. The van der Waals surface area contributed by atoms with Crippen LogP contribution in [0.1, 0.15) is 47.8 Å². The van der Waals surface area contributed by atoms with Crippen LogP contribution in [0.2, 0.25) is 5.02 Å². The highest BCUT2D eigenvalue weighted by atomic mass is 35.5. The van der Waals surface area contributed by atoms with Crippen LogP contribution in [0, 0.1) is 16.0 Å². The second kappa shape index (κ2) is 9.32. The van der Waals surface area contributed by atoms with Gasteiger partial charge in [-0.3, -0.25) is 14.9 Å². The van der Waals surface area contributed by atoms with Crippen molar-refractivity contribution in [1.82, 2.24) is 0 Å². The van der Waals surface area contributed by atoms with Gasteiger partial charge in [0.2, 0.25) is 11.9 Å². The molecule has 148 valence electrons. The smallest absolute Gasteiger partial charge is 0.335 e. The Balaban J connectivity index is 2.30. The zero-order chi connectivity index (χ0) is 20.8. The Labute approximate surface area is 167 Å². The van der Waals surface area contributed by atoms with E-state index in [0.717, 1.165) is 5.56 Å². The predicted molar refractivity (Wildman–Crippen MR) is 106 cm³/mol. The van der Waals surface area contributed by atoms with Gasteiger partial charge in [0.1, 0.15) is 0 Å². The summed E-state index contributed by atoms with van der Waals surface area (Å²) in [6, 6.07) is 10.0. The van der Waals surface area contributed by atoms with Gasteiger partial charge >= 0.3 is 5.97 Å². The van der Waals surface area contributed by atoms with Crippen LogP contribution in [0.3, 0.4) is 0 Å². The summed E-state index contributed by atoms with van der Waals surface area (Å²) >= 11 is 5.99. The number of anilines is 1. The summed E-state index contributed by atoms with van der Waals surface area (Å²) in [4.78, 5) is 34.7. The number of carboxylic acid groups (broad SMARTS) is 1. The summed E-state index contributed by atoms with van der Waals surface area (Å²) in [7, 11) is 0. The van der Waals surface area contributed by atoms with E-state index >= 15 is 0 Å². The molecule has 0 aliphatic heterocycles. The third-order valence-electron chi connectivity index (χ3n) is 4.56. The van der Waals surface area contributed by atoms with Gasteiger partial charge in [0, 0.05) is 28.4 Å². The van der Waals surface area contributed by atoms with Gasteiger partial charge in [-0.15, -0.1) is 0 Å². The molecule has 0 aromatic heterocycles. The van der Waals surface area contributed by atoms with Crippen LogP contribution in [-0.2, 0) is 11.2 Å². The summed E-state index contributed by atoms with van der Waals surface area (Å²) in [6.45, 7) is 3.25. The molecular weight excluding hydrogens is 384 g/mol. The van der Waals surface area contributed by atoms with E-state index in [9.17, 15) is 24.8 Å². The molecule has 0 saturated heterocycles. The highest BCUT2D eigenvalue weighted by molar-refractivity contribution is 6.30. The number of benzene rings is 2. The van der Waals surface area contributed by atoms with Gasteiger partial charge in [-0.25, -0.2) is 4.79 Å². The van der Waals surface area contributed by atoms with E-state index in [1.807, 2.05) is 13.0 Å². The predicted octanol–water partition coefficient (Wildman–Crippen LogP) is 4.58. The lowest BCUT2D eigenvalue weighted by molar-refractivity contribution is -0.524. The number of nitrogens with zero attached hydrogens (tertiary/aromatic N) is 1. The number of hydrogen-bond donors (Lipinski definition) is 2. The SMILES string of the molecule is CCC(Cc1cccc(Cl)c1)C(=O)Nc1cc(C(=O)O)ccc1C(C)[N+](=O)[O-]. The van der Waals surface area contributed by atoms with Crippen LogP contribution in [0.15, 0.2) is 42.5 Å². The van der Waals surface area contributed by atoms with Crippen molar-refractivity contribution in [2.24, 2.45) is 5.92 Å². The number of rotatable bonds is 8. The van der Waals surface area contributed by atoms with Gasteiger partial charge < -0.3 is 10.4 Å². The van der Waals surface area contributed by atoms with Crippen LogP contribution >= 0.6 is 11.6 Å². The maximum atomic E-state index is 12.8. The van der Waals surface area contributed by atoms with E-state index < -0.39 is 22.9 Å². The highest BCUT2D eigenvalue weighted by Crippen LogP contribution is 2.28. The molecule has 1 amide bonds. The Hall–Kier alpha value is -2.93. The van der Waals surface area contributed by atoms with Crippen molar-refractivity contribution in [3.05, 3.63) is 74.3 Å². The second-order valence-corrected chi connectivity index (χ2v) is 6.93. The normalized spacial score (nSPS) is 12.8. The molecule has 0 aliphatic rings. The largest absolute Gasteiger partial charge is 0.478 e. The Kier molecular flexibility index (Phi) is 7.12. The first-order chi connectivity index (χ1) is 13.2. The minimum atomic E-state index is -1.18. The van der Waals surface area contributed by atoms with Crippen molar-refractivity contribution < 1.29 is 19.6 Å². The van der Waals surface area contributed by atoms with Crippen LogP contribution < -0.4 is 5.32 Å². The molecule has 0 heterocycles. The number of halogens is 1. The number of carboxylic acids is 1. The molecule has 2 aromatic rings. The lowest BCUT2D eigenvalue weighted by Gasteiger charge is -2.18. The van der Waals surface area contributed by atoms with Gasteiger partial charge in [0.25, 0.3) is 0 Å². The fourth-order valence-corrected chi connectivity index (χ4v) is 3.09. The minimum absolute atomic E-state index is 0.0579. The fourth-order valence-electron chi connectivity index (χ4n) is 2.88. The molecule has 0 bridgehead atoms. The monoisotopic (exact) mass is 404 g/mol. The van der Waals surface area contributed by atoms with Crippen molar-refractivity contribution in [2.75, 3.05) is 5.32 Å². The number of nitro groups is 1. The molecule has 2 N–H and O–H groups in total. The first-order valence-corrected chi connectivity index (χ1v) is 9.16. The zero-order valence-corrected chi connectivity index (χ0v) is 16.3. The van der Waals surface area contributed by atoms with Crippen LogP contribution in [0.4, 0.5) is 5.69 Å². The minimum Gasteiger partial charge on any atom is -0.478 e. The number of aromatic carboxylic acids is 1. The van der Waals surface area contributed by atoms with E-state index in [4.69, 9.17) is 11.6 Å². The zero-order valence-electron chi connectivity index (χ0n) is 15.5. The van der Waals surface area contributed by atoms with Crippen LogP contribution in [-0.4, -0.2) is 21.9 Å². The van der Waals surface area contributed by atoms with Crippen molar-refractivity contribution in [3.63, 3.8) is 0 Å². The molecule has 0 spiro atoms. The Morgan fingerprint density at radius 3 is 2.54 bits per heavy atom. The topological polar surface area (TPSA) is 110 Å². The molecular formula is C20H21ClN2O5. The highest BCUT2D eigenvalue weighted by Gasteiger charge is 2.24. The molecule has 0 saturated carbocycles. The quantitative estimate of drug-likeness (QED) is 0.494. The van der Waals surface area contributed by atoms with E-state index in [2.05, 4.69) is 5.32 Å². The van der Waals surface area contributed by atoms with E-state index in [0.29, 0.717) is 17.9 Å². The van der Waals surface area contributed by atoms with Gasteiger partial charge in [-0.2, -0.15) is 0 Å². The summed E-state index contributed by atoms with van der Waals surface area (Å²) < 4.78 is 0. The van der Waals surface area contributed by atoms with E-state index in [1.165, 1.54) is 25.1 Å². The van der Waals surface area contributed by atoms with Gasteiger partial charge in [0.15, 0.2) is 0 Å². The number of amides is 1. The standard InChI is InChI=1S/C20H21ClN2O5/c1-3-14(9-13-5-4-6-16(21)10-13)19(24)22-18-11-15(20(25)26)7-8-17(18)12(2)23(27)28/h4-8,10-12,14H,3,9H2,1-2H3,(H,22,24)(H,25,26). The Bertz CT molecular complexity index is 900. The molecule has 2 rings (SSSR count). The molecule has 28 heavy (non-hydrogen) atoms. The van der Waals surface area contributed by atoms with Crippen LogP contribution in [0.25, 0.3) is 0 Å². The second-order valence-electron chi connectivity index (χ2n) is 6.50. The van der Waals surface area contributed by atoms with Gasteiger partial charge in [-0.05, 0) is 48.7 Å². The average Bonchev–Trinajstić information content (AvgIpc) is 2.65. The number of carbonyl (C=O) groups is 2. The van der Waals surface area contributed by atoms with E-state index in [-0.39, 0.29) is 22.7 Å². The number of carbonyl (C=O) groups excluding carboxylic acids is 1. The van der Waals surface area contributed by atoms with Gasteiger partial charge in [-0.1, -0.05) is 30.7 Å². The molecule has 2 unspecified atom stereocenters. The molecule has 2 atom stereocenters. The maximum Gasteiger partial charge on any atom is 0.335 e. The average molecular weight is 405 g/mol. The first-order valence-electron chi connectivity index (χ1n) is 8.79. The van der Waals surface area contributed by atoms with Gasteiger partial charge in [0.05, 0.1) is 11.3 Å². The lowest BCUT2D eigenvalue weighted by Crippen LogP contribution is -2.25. The number of hydrogen-bond acceptors (Lipinski definition) is 4. The lowest BCUT2D eigenvalue weighted by atomic mass is 9.95. The van der Waals surface area contributed by atoms with Crippen molar-refractivity contribution >= 4 is 29.2 Å². The van der Waals surface area contributed by atoms with Crippen molar-refractivity contribution in [1.29, 1.82) is 0 Å². The van der Waals surface area contributed by atoms with Crippen molar-refractivity contribution in [3.8, 4) is 0 Å². The van der Waals surface area contributed by atoms with E-state index in [1.54, 1.807) is 18.2 Å². The molecule has 8 heteroatoms. The molecule has 0 aliphatic carbocycles. The third kappa shape index (κ3) is 5.29. The molecule has 0 radical (unpaired) electrons. The van der Waals surface area contributed by atoms with Crippen molar-refractivity contribution in [2.45, 2.75) is 32.7 Å². The molecule has 2 aromatic carbocycles. The summed E-state index contributed by atoms with van der Waals surface area (Å²) in [5.41, 5.74) is 1.23. The molecule has 7 nitrogen and oxygen atoms in total. The fraction of sp³-hybridized carbons (Fsp3) is 0.300.